The van der Waals surface area contributed by atoms with Crippen molar-refractivity contribution < 1.29 is 17.1 Å². The topological polar surface area (TPSA) is 106 Å². The third-order valence-electron chi connectivity index (χ3n) is 8.55. The quantitative estimate of drug-likeness (QED) is 0.0856. The molecular weight excluding hydrogens is 1130 g/mol. The van der Waals surface area contributed by atoms with Gasteiger partial charge in [0.25, 0.3) is 0 Å². The van der Waals surface area contributed by atoms with Gasteiger partial charge < -0.3 is 39.9 Å². The summed E-state index contributed by atoms with van der Waals surface area (Å²) in [5.41, 5.74) is -0.437. The largest absolute Gasteiger partial charge is 2.00 e. The van der Waals surface area contributed by atoms with Gasteiger partial charge in [0.05, 0.1) is 80.4 Å². The van der Waals surface area contributed by atoms with Crippen LogP contribution < -0.4 is 41.9 Å². The van der Waals surface area contributed by atoms with E-state index in [1.54, 1.807) is 0 Å². The van der Waals surface area contributed by atoms with Gasteiger partial charge in [-0.15, -0.1) is 0 Å². The second kappa shape index (κ2) is 15.3. The van der Waals surface area contributed by atoms with E-state index in [4.69, 9.17) is 206 Å². The molecule has 8 nitrogen and oxygen atoms in total. The maximum Gasteiger partial charge on any atom is 2.00 e. The molecule has 57 heavy (non-hydrogen) atoms. The number of fused-ring (bicyclic) bond motifs is 20. The molecule has 293 valence electrons. The number of halogens is 16. The predicted octanol–water partition coefficient (Wildman–Crippen LogP) is 14.7. The van der Waals surface area contributed by atoms with Crippen LogP contribution in [0, 0.1) is 0 Å². The fraction of sp³-hybridized carbons (Fsp3) is 0. The molecular formula is C32Cl16CuN8-2. The van der Waals surface area contributed by atoms with E-state index >= 15 is 0 Å². The Balaban J connectivity index is 0.00000455. The molecule has 5 heterocycles. The minimum absolute atomic E-state index is 0. The zero-order valence-electron chi connectivity index (χ0n) is 25.9. The first kappa shape index (κ1) is 43.1. The summed E-state index contributed by atoms with van der Waals surface area (Å²) in [4.78, 5) is 37.7. The second-order valence-corrected chi connectivity index (χ2v) is 17.6. The van der Waals surface area contributed by atoms with E-state index in [0.29, 0.717) is 0 Å². The van der Waals surface area contributed by atoms with Crippen LogP contribution in [0.25, 0.3) is 43.1 Å². The van der Waals surface area contributed by atoms with Gasteiger partial charge in [0.2, 0.25) is 0 Å². The average molecular weight is 1130 g/mol. The van der Waals surface area contributed by atoms with E-state index < -0.39 is 0 Å². The van der Waals surface area contributed by atoms with Crippen LogP contribution >= 0.6 is 186 Å². The van der Waals surface area contributed by atoms with Gasteiger partial charge in [-0.05, 0) is 0 Å². The van der Waals surface area contributed by atoms with E-state index in [-0.39, 0.29) is 186 Å². The van der Waals surface area contributed by atoms with Gasteiger partial charge in [0, 0.05) is 88.3 Å². The smallest absolute Gasteiger partial charge is 0.357 e. The second-order valence-electron chi connectivity index (χ2n) is 11.5. The molecule has 0 amide bonds. The van der Waals surface area contributed by atoms with Crippen molar-refractivity contribution in [1.82, 2.24) is 19.9 Å². The fourth-order valence-electron chi connectivity index (χ4n) is 6.10. The summed E-state index contributed by atoms with van der Waals surface area (Å²) in [5, 5.41) is -0.619. The monoisotopic (exact) mass is 1120 g/mol. The molecule has 0 spiro atoms. The van der Waals surface area contributed by atoms with Crippen LogP contribution in [-0.2, 0) is 17.1 Å². The van der Waals surface area contributed by atoms with Gasteiger partial charge in [-0.3, -0.25) is 0 Å². The van der Waals surface area contributed by atoms with Crippen LogP contribution in [0.1, 0.15) is 0 Å². The maximum absolute atomic E-state index is 6.82. The molecule has 0 fully saturated rings. The maximum atomic E-state index is 6.82. The van der Waals surface area contributed by atoms with E-state index in [1.165, 1.54) is 0 Å². The van der Waals surface area contributed by atoms with Gasteiger partial charge in [0.15, 0.2) is 0 Å². The molecule has 8 bridgehead atoms. The predicted molar refractivity (Wildman–Crippen MR) is 232 cm³/mol. The zero-order valence-corrected chi connectivity index (χ0v) is 39.0. The summed E-state index contributed by atoms with van der Waals surface area (Å²) >= 11 is 107. The summed E-state index contributed by atoms with van der Waals surface area (Å²) < 4.78 is 0. The van der Waals surface area contributed by atoms with Crippen LogP contribution in [0.4, 0.5) is 23.3 Å². The summed E-state index contributed by atoms with van der Waals surface area (Å²) in [6.07, 6.45) is 0. The summed E-state index contributed by atoms with van der Waals surface area (Å²) in [5.74, 6) is -0.437. The molecule has 8 aromatic rings. The molecule has 0 aliphatic carbocycles. The standard InChI is InChI=1S/C32Cl16N8.Cu/c33-9-1-2(10(34)18(42)17(9)41)26-49-25(1)53-27-3-4(12(36)20(44)19(43)11(3)35)29(50-27)55-31-7-8(16(40)24(48)23(47)15(7)39)32(52-31)56-30-6-5(28(51-30)54-26)13(37)21(45)22(46)14(6)38;/q-4;+2. The Morgan fingerprint density at radius 2 is 0.368 bits per heavy atom. The van der Waals surface area contributed by atoms with Crippen molar-refractivity contribution in [1.29, 1.82) is 0 Å². The molecule has 0 atom stereocenters. The van der Waals surface area contributed by atoms with Crippen molar-refractivity contribution in [2.75, 3.05) is 0 Å². The van der Waals surface area contributed by atoms with Crippen LogP contribution in [0.5, 0.6) is 0 Å². The SMILES string of the molecule is Clc1c(Cl)c(Cl)c2c3[n-]c(c2c1Cl)/N=c1\[n-]/c(c2c(Cl)c(Cl)c(Cl)c(Cl)c12)=N\c1[n-]c(c2c(Cl)c(Cl)c(Cl)c(Cl)c12)/N=c1/[n-]/c(c2c(Cl)c(Cl)c(Cl)c(Cl)c12)=N\3.[Cu+2]. The minimum atomic E-state index is -0.109. The van der Waals surface area contributed by atoms with Crippen molar-refractivity contribution in [2.45, 2.75) is 0 Å². The Kier molecular flexibility index (Phi) is 11.6. The average Bonchev–Trinajstić information content (AvgIpc) is 3.92. The number of nitrogens with zero attached hydrogens (tertiary/aromatic N) is 8. The van der Waals surface area contributed by atoms with Crippen molar-refractivity contribution in [2.24, 2.45) is 20.0 Å². The van der Waals surface area contributed by atoms with E-state index in [2.05, 4.69) is 19.9 Å². The van der Waals surface area contributed by atoms with Crippen LogP contribution in [0.15, 0.2) is 20.0 Å². The summed E-state index contributed by atoms with van der Waals surface area (Å²) in [6.45, 7) is 0. The van der Waals surface area contributed by atoms with Crippen molar-refractivity contribution in [3.63, 3.8) is 0 Å². The molecule has 0 N–H and O–H groups in total. The molecule has 1 radical (unpaired) electrons. The molecule has 0 unspecified atom stereocenters. The van der Waals surface area contributed by atoms with Crippen molar-refractivity contribution in [3.05, 3.63) is 102 Å². The third-order valence-corrected chi connectivity index (χ3v) is 15.8. The Hall–Kier alpha value is -0.601. The Morgan fingerprint density at radius 3 is 0.544 bits per heavy atom. The van der Waals surface area contributed by atoms with E-state index in [0.717, 1.165) is 0 Å². The Labute approximate surface area is 406 Å². The number of hydrogen-bond acceptors (Lipinski definition) is 4. The Bertz CT molecular complexity index is 3020. The van der Waals surface area contributed by atoms with E-state index in [1.807, 2.05) is 0 Å². The molecule has 0 saturated heterocycles. The first-order chi connectivity index (χ1) is 26.4. The van der Waals surface area contributed by atoms with Gasteiger partial charge in [-0.2, -0.15) is 0 Å². The third kappa shape index (κ3) is 6.22. The molecule has 1 aliphatic rings. The molecule has 0 saturated carbocycles. The zero-order chi connectivity index (χ0) is 40.1. The normalized spacial score (nSPS) is 15.0. The van der Waals surface area contributed by atoms with Crippen LogP contribution in [0.3, 0.4) is 0 Å². The van der Waals surface area contributed by atoms with Crippen molar-refractivity contribution in [3.8, 4) is 0 Å². The van der Waals surface area contributed by atoms with E-state index in [9.17, 15) is 0 Å². The van der Waals surface area contributed by atoms with Crippen molar-refractivity contribution >= 4 is 252 Å². The van der Waals surface area contributed by atoms with Gasteiger partial charge in [-0.1, -0.05) is 186 Å². The molecule has 4 aromatic carbocycles. The van der Waals surface area contributed by atoms with Crippen LogP contribution in [-0.4, -0.2) is 0 Å². The molecule has 25 heteroatoms. The number of rotatable bonds is 0. The fourth-order valence-corrected chi connectivity index (χ4v) is 10.2. The summed E-state index contributed by atoms with van der Waals surface area (Å²) in [6, 6.07) is 0. The first-order valence-corrected chi connectivity index (χ1v) is 20.6. The minimum Gasteiger partial charge on any atom is -0.357 e. The summed E-state index contributed by atoms with van der Waals surface area (Å²) in [7, 11) is 0. The number of aromatic nitrogens is 4. The van der Waals surface area contributed by atoms with Gasteiger partial charge >= 0.3 is 17.1 Å². The van der Waals surface area contributed by atoms with Gasteiger partial charge in [0.1, 0.15) is 0 Å². The van der Waals surface area contributed by atoms with Crippen LogP contribution in [0.2, 0.25) is 80.4 Å². The molecule has 4 aromatic heterocycles. The molecule has 9 rings (SSSR count). The molecule has 1 aliphatic heterocycles. The first-order valence-electron chi connectivity index (χ1n) is 14.6. The number of hydrogen-bond donors (Lipinski definition) is 0. The Morgan fingerprint density at radius 1 is 0.211 bits per heavy atom. The van der Waals surface area contributed by atoms with Gasteiger partial charge in [-0.25, -0.2) is 0 Å². The number of benzene rings is 4.